The van der Waals surface area contributed by atoms with Gasteiger partial charge >= 0.3 is 6.09 Å². The van der Waals surface area contributed by atoms with Gasteiger partial charge in [-0.3, -0.25) is 4.79 Å². The fourth-order valence-electron chi connectivity index (χ4n) is 5.01. The molecule has 1 aliphatic rings. The second-order valence-electron chi connectivity index (χ2n) is 11.1. The van der Waals surface area contributed by atoms with Crippen LogP contribution in [-0.2, 0) is 4.74 Å². The number of nitrogens with one attached hydrogen (secondary N) is 2. The molecule has 10 nitrogen and oxygen atoms in total. The lowest BCUT2D eigenvalue weighted by molar-refractivity contribution is 0.0505. The van der Waals surface area contributed by atoms with Crippen LogP contribution >= 0.6 is 11.6 Å². The molecule has 11 heteroatoms. The molecule has 3 heterocycles. The molecule has 0 unspecified atom stereocenters. The Morgan fingerprint density at radius 1 is 1.07 bits per heavy atom. The molecule has 2 N–H and O–H groups in total. The van der Waals surface area contributed by atoms with E-state index >= 15 is 0 Å². The standard InChI is InChI=1S/C30H30ClN7O3/c1-17-12-20(14-24(31)33-17)25-26(19-7-5-6-18(13-19)16-32)37-38-11-10-23(36-27(25)38)28(39)34-21-8-9-22(15-21)35-29(40)41-30(2,3)4/h5-7,10-14,21-22H,8-9,15H2,1-4H3,(H,34,39)(H,35,40)/t21-,22-/m0/s1. The number of hydrogen-bond donors (Lipinski definition) is 2. The van der Waals surface area contributed by atoms with E-state index in [2.05, 4.69) is 21.7 Å². The quantitative estimate of drug-likeness (QED) is 0.303. The van der Waals surface area contributed by atoms with E-state index in [1.165, 1.54) is 0 Å². The van der Waals surface area contributed by atoms with Crippen molar-refractivity contribution in [2.45, 2.75) is 64.6 Å². The molecule has 5 rings (SSSR count). The minimum atomic E-state index is -0.578. The third-order valence-electron chi connectivity index (χ3n) is 6.68. The van der Waals surface area contributed by atoms with Crippen LogP contribution in [0.3, 0.4) is 0 Å². The van der Waals surface area contributed by atoms with E-state index in [-0.39, 0.29) is 23.7 Å². The van der Waals surface area contributed by atoms with Gasteiger partial charge in [0.2, 0.25) is 0 Å². The Morgan fingerprint density at radius 2 is 1.83 bits per heavy atom. The largest absolute Gasteiger partial charge is 0.444 e. The zero-order valence-corrected chi connectivity index (χ0v) is 24.0. The summed E-state index contributed by atoms with van der Waals surface area (Å²) in [5.74, 6) is -0.320. The summed E-state index contributed by atoms with van der Waals surface area (Å²) in [5.41, 5.74) is 4.08. The Morgan fingerprint density at radius 3 is 2.54 bits per heavy atom. The van der Waals surface area contributed by atoms with Gasteiger partial charge in [0, 0.05) is 29.5 Å². The summed E-state index contributed by atoms with van der Waals surface area (Å²) in [7, 11) is 0. The molecule has 2 atom stereocenters. The number of halogens is 1. The highest BCUT2D eigenvalue weighted by Gasteiger charge is 2.29. The molecule has 3 aromatic heterocycles. The van der Waals surface area contributed by atoms with Crippen LogP contribution in [0.5, 0.6) is 0 Å². The second kappa shape index (κ2) is 11.2. The molecule has 4 aromatic rings. The van der Waals surface area contributed by atoms with Crippen molar-refractivity contribution in [1.29, 1.82) is 5.26 Å². The van der Waals surface area contributed by atoms with Crippen LogP contribution in [0.1, 0.15) is 61.8 Å². The first kappa shape index (κ1) is 28.1. The number of amides is 2. The van der Waals surface area contributed by atoms with Crippen molar-refractivity contribution in [2.75, 3.05) is 0 Å². The van der Waals surface area contributed by atoms with Gasteiger partial charge < -0.3 is 15.4 Å². The van der Waals surface area contributed by atoms with Gasteiger partial charge in [0.1, 0.15) is 22.1 Å². The van der Waals surface area contributed by atoms with Crippen LogP contribution < -0.4 is 10.6 Å². The highest BCUT2D eigenvalue weighted by atomic mass is 35.5. The van der Waals surface area contributed by atoms with E-state index in [4.69, 9.17) is 26.4 Å². The average molecular weight is 572 g/mol. The van der Waals surface area contributed by atoms with Crippen molar-refractivity contribution in [3.05, 3.63) is 70.8 Å². The van der Waals surface area contributed by atoms with Gasteiger partial charge in [-0.2, -0.15) is 10.4 Å². The normalized spacial score (nSPS) is 16.8. The summed E-state index contributed by atoms with van der Waals surface area (Å²) in [6, 6.07) is 14.3. The fourth-order valence-corrected chi connectivity index (χ4v) is 5.26. The number of benzene rings is 1. The van der Waals surface area contributed by atoms with Crippen molar-refractivity contribution in [3.63, 3.8) is 0 Å². The number of ether oxygens (including phenoxy) is 1. The van der Waals surface area contributed by atoms with Crippen LogP contribution in [0.25, 0.3) is 28.0 Å². The SMILES string of the molecule is Cc1cc(-c2c(-c3cccc(C#N)c3)nn3ccc(C(=O)N[C@H]4CC[C@H](NC(=O)OC(C)(C)C)C4)nc23)cc(Cl)n1. The molecular weight excluding hydrogens is 542 g/mol. The molecule has 0 spiro atoms. The van der Waals surface area contributed by atoms with Crippen LogP contribution in [0.2, 0.25) is 5.15 Å². The summed E-state index contributed by atoms with van der Waals surface area (Å²) < 4.78 is 6.96. The van der Waals surface area contributed by atoms with Crippen LogP contribution in [0.4, 0.5) is 4.79 Å². The number of carbonyl (C=O) groups is 2. The number of alkyl carbamates (subject to hydrolysis) is 1. The molecule has 41 heavy (non-hydrogen) atoms. The first-order chi connectivity index (χ1) is 19.5. The lowest BCUT2D eigenvalue weighted by Crippen LogP contribution is -2.39. The maximum absolute atomic E-state index is 13.3. The molecular formula is C30H30ClN7O3. The van der Waals surface area contributed by atoms with Crippen molar-refractivity contribution in [3.8, 4) is 28.5 Å². The monoisotopic (exact) mass is 571 g/mol. The van der Waals surface area contributed by atoms with Crippen molar-refractivity contribution < 1.29 is 14.3 Å². The van der Waals surface area contributed by atoms with Crippen molar-refractivity contribution >= 4 is 29.2 Å². The van der Waals surface area contributed by atoms with E-state index < -0.39 is 11.7 Å². The molecule has 1 fully saturated rings. The van der Waals surface area contributed by atoms with Crippen LogP contribution in [-0.4, -0.2) is 49.3 Å². The number of aryl methyl sites for hydroxylation is 1. The maximum atomic E-state index is 13.3. The maximum Gasteiger partial charge on any atom is 0.407 e. The van der Waals surface area contributed by atoms with Crippen molar-refractivity contribution in [2.24, 2.45) is 0 Å². The zero-order chi connectivity index (χ0) is 29.3. The molecule has 0 aliphatic heterocycles. The summed E-state index contributed by atoms with van der Waals surface area (Å²) in [6.45, 7) is 7.29. The van der Waals surface area contributed by atoms with E-state index in [0.717, 1.165) is 24.0 Å². The van der Waals surface area contributed by atoms with E-state index in [1.807, 2.05) is 39.8 Å². The second-order valence-corrected chi connectivity index (χ2v) is 11.5. The Labute approximate surface area is 242 Å². The minimum Gasteiger partial charge on any atom is -0.444 e. The minimum absolute atomic E-state index is 0.0848. The fraction of sp³-hybridized carbons (Fsp3) is 0.333. The highest BCUT2D eigenvalue weighted by Crippen LogP contribution is 2.36. The van der Waals surface area contributed by atoms with Crippen LogP contribution in [0.15, 0.2) is 48.7 Å². The first-order valence-corrected chi connectivity index (χ1v) is 13.7. The molecule has 2 amide bonds. The summed E-state index contributed by atoms with van der Waals surface area (Å²) in [6.07, 6.45) is 3.28. The lowest BCUT2D eigenvalue weighted by Gasteiger charge is -2.21. The molecule has 210 valence electrons. The van der Waals surface area contributed by atoms with E-state index in [0.29, 0.717) is 39.7 Å². The predicted octanol–water partition coefficient (Wildman–Crippen LogP) is 5.47. The number of hydrogen-bond acceptors (Lipinski definition) is 7. The highest BCUT2D eigenvalue weighted by molar-refractivity contribution is 6.29. The van der Waals surface area contributed by atoms with Gasteiger partial charge in [-0.05, 0) is 82.9 Å². The number of aromatic nitrogens is 4. The molecule has 1 saturated carbocycles. The van der Waals surface area contributed by atoms with E-state index in [1.54, 1.807) is 41.0 Å². The zero-order valence-electron chi connectivity index (χ0n) is 23.2. The molecule has 1 aromatic carbocycles. The van der Waals surface area contributed by atoms with Gasteiger partial charge in [0.25, 0.3) is 5.91 Å². The van der Waals surface area contributed by atoms with Crippen LogP contribution in [0, 0.1) is 18.3 Å². The summed E-state index contributed by atoms with van der Waals surface area (Å²) in [4.78, 5) is 34.4. The topological polar surface area (TPSA) is 134 Å². The Hall–Kier alpha value is -4.49. The average Bonchev–Trinajstić information content (AvgIpc) is 3.50. The molecule has 1 aliphatic carbocycles. The van der Waals surface area contributed by atoms with Gasteiger partial charge in [0.15, 0.2) is 5.65 Å². The number of nitrogens with zero attached hydrogens (tertiary/aromatic N) is 5. The number of pyridine rings is 1. The smallest absolute Gasteiger partial charge is 0.407 e. The molecule has 0 radical (unpaired) electrons. The molecule has 0 bridgehead atoms. The van der Waals surface area contributed by atoms with Gasteiger partial charge in [0.05, 0.1) is 17.2 Å². The predicted molar refractivity (Wildman–Crippen MR) is 154 cm³/mol. The summed E-state index contributed by atoms with van der Waals surface area (Å²) >= 11 is 6.32. The third-order valence-corrected chi connectivity index (χ3v) is 6.88. The Balaban J connectivity index is 1.44. The number of nitriles is 1. The number of fused-ring (bicyclic) bond motifs is 1. The van der Waals surface area contributed by atoms with Gasteiger partial charge in [-0.1, -0.05) is 23.7 Å². The number of carbonyl (C=O) groups excluding carboxylic acids is 2. The lowest BCUT2D eigenvalue weighted by atomic mass is 10.00. The molecule has 0 saturated heterocycles. The number of rotatable bonds is 5. The van der Waals surface area contributed by atoms with E-state index in [9.17, 15) is 14.9 Å². The van der Waals surface area contributed by atoms with Crippen molar-refractivity contribution in [1.82, 2.24) is 30.2 Å². The van der Waals surface area contributed by atoms with Gasteiger partial charge in [-0.15, -0.1) is 0 Å². The first-order valence-electron chi connectivity index (χ1n) is 13.3. The Kier molecular flexibility index (Phi) is 7.65. The Bertz CT molecular complexity index is 1670. The summed E-state index contributed by atoms with van der Waals surface area (Å²) in [5, 5.41) is 20.5. The third kappa shape index (κ3) is 6.47. The van der Waals surface area contributed by atoms with Gasteiger partial charge in [-0.25, -0.2) is 19.3 Å².